The molecule has 75 valence electrons. The minimum absolute atomic E-state index is 0.0579. The lowest BCUT2D eigenvalue weighted by molar-refractivity contribution is -0.133. The van der Waals surface area contributed by atoms with Gasteiger partial charge in [-0.05, 0) is 7.05 Å². The van der Waals surface area contributed by atoms with E-state index in [1.807, 2.05) is 7.05 Å². The van der Waals surface area contributed by atoms with E-state index in [1.165, 1.54) is 0 Å². The number of hydrogen-bond acceptors (Lipinski definition) is 2. The highest BCUT2D eigenvalue weighted by molar-refractivity contribution is 5.78. The minimum Gasteiger partial charge on any atom is -0.348 e. The molecular weight excluding hydrogens is 166 g/mol. The summed E-state index contributed by atoms with van der Waals surface area (Å²) in [5.41, 5.74) is 0. The Bertz CT molecular complexity index is 182. The molecule has 4 heteroatoms. The largest absolute Gasteiger partial charge is 0.348 e. The zero-order chi connectivity index (χ0) is 9.84. The van der Waals surface area contributed by atoms with Crippen molar-refractivity contribution in [1.82, 2.24) is 15.1 Å². The van der Waals surface area contributed by atoms with Crippen molar-refractivity contribution in [3.8, 4) is 0 Å². The number of nitrogens with zero attached hydrogens (tertiary/aromatic N) is 3. The van der Waals surface area contributed by atoms with Gasteiger partial charge >= 0.3 is 0 Å². The first-order valence-electron chi connectivity index (χ1n) is 4.64. The average molecular weight is 184 g/mol. The Labute approximate surface area is 79.9 Å². The van der Waals surface area contributed by atoms with Crippen molar-refractivity contribution in [2.75, 3.05) is 47.3 Å². The van der Waals surface area contributed by atoms with Crippen LogP contribution in [0.1, 0.15) is 0 Å². The lowest BCUT2D eigenvalue weighted by Gasteiger charge is -2.21. The minimum atomic E-state index is 0.0579. The van der Waals surface area contributed by atoms with E-state index in [0.717, 1.165) is 19.6 Å². The molecule has 0 bridgehead atoms. The summed E-state index contributed by atoms with van der Waals surface area (Å²) in [6.45, 7) is 3.34. The molecule has 1 heterocycles. The second kappa shape index (κ2) is 4.58. The summed E-state index contributed by atoms with van der Waals surface area (Å²) in [6.07, 6.45) is 0. The van der Waals surface area contributed by atoms with Crippen LogP contribution >= 0.6 is 0 Å². The predicted octanol–water partition coefficient (Wildman–Crippen LogP) is -0.759. The highest BCUT2D eigenvalue weighted by atomic mass is 16.2. The number of carbonyl (C=O) groups excluding carboxylic acids is 1. The lowest BCUT2D eigenvalue weighted by atomic mass is 10.1. The van der Waals surface area contributed by atoms with Crippen molar-refractivity contribution < 1.29 is 4.79 Å². The summed E-state index contributed by atoms with van der Waals surface area (Å²) in [4.78, 5) is 15.5. The van der Waals surface area contributed by atoms with E-state index in [-0.39, 0.29) is 11.8 Å². The molecule has 0 aromatic carbocycles. The first-order chi connectivity index (χ1) is 6.11. The molecule has 13 heavy (non-hydrogen) atoms. The normalized spacial score (nSPS) is 25.3. The molecule has 1 rings (SSSR count). The van der Waals surface area contributed by atoms with Gasteiger partial charge in [-0.2, -0.15) is 0 Å². The van der Waals surface area contributed by atoms with Gasteiger partial charge in [-0.3, -0.25) is 4.79 Å². The number of amides is 1. The van der Waals surface area contributed by atoms with Gasteiger partial charge in [0, 0.05) is 40.3 Å². The molecule has 1 fully saturated rings. The van der Waals surface area contributed by atoms with Gasteiger partial charge in [0.05, 0.1) is 5.92 Å². The van der Waals surface area contributed by atoms with Crippen LogP contribution in [0.15, 0.2) is 0 Å². The number of hydrogen-bond donors (Lipinski definition) is 0. The van der Waals surface area contributed by atoms with Gasteiger partial charge in [0.2, 0.25) is 5.91 Å². The van der Waals surface area contributed by atoms with Gasteiger partial charge in [-0.1, -0.05) is 0 Å². The Hall–Kier alpha value is -0.610. The fraction of sp³-hybridized carbons (Fsp3) is 0.889. The van der Waals surface area contributed by atoms with Crippen molar-refractivity contribution in [3.05, 3.63) is 0 Å². The predicted molar refractivity (Wildman–Crippen MR) is 51.5 cm³/mol. The maximum absolute atomic E-state index is 11.6. The molecule has 1 amide bonds. The van der Waals surface area contributed by atoms with Crippen LogP contribution < -0.4 is 5.32 Å². The van der Waals surface area contributed by atoms with Crippen LogP contribution in [-0.4, -0.2) is 63.0 Å². The molecule has 0 spiro atoms. The van der Waals surface area contributed by atoms with Crippen LogP contribution in [0.4, 0.5) is 0 Å². The monoisotopic (exact) mass is 184 g/mol. The van der Waals surface area contributed by atoms with E-state index in [2.05, 4.69) is 10.2 Å². The first kappa shape index (κ1) is 10.5. The van der Waals surface area contributed by atoms with E-state index < -0.39 is 0 Å². The van der Waals surface area contributed by atoms with Gasteiger partial charge in [0.1, 0.15) is 0 Å². The zero-order valence-corrected chi connectivity index (χ0v) is 8.66. The van der Waals surface area contributed by atoms with Crippen LogP contribution in [0, 0.1) is 5.92 Å². The zero-order valence-electron chi connectivity index (χ0n) is 8.66. The molecule has 0 aromatic heterocycles. The van der Waals surface area contributed by atoms with Crippen LogP contribution in [0.2, 0.25) is 0 Å². The molecule has 1 aliphatic heterocycles. The summed E-state index contributed by atoms with van der Waals surface area (Å²) in [6, 6.07) is 0. The van der Waals surface area contributed by atoms with Gasteiger partial charge in [-0.15, -0.1) is 0 Å². The van der Waals surface area contributed by atoms with Crippen molar-refractivity contribution in [3.63, 3.8) is 0 Å². The number of rotatable bonds is 1. The van der Waals surface area contributed by atoms with E-state index in [4.69, 9.17) is 0 Å². The number of carbonyl (C=O) groups is 1. The summed E-state index contributed by atoms with van der Waals surface area (Å²) in [5, 5.41) is 4.32. The summed E-state index contributed by atoms with van der Waals surface area (Å²) in [7, 11) is 5.64. The molecule has 0 aromatic rings. The SMILES string of the molecule is CN1CC[N]CC(C(=O)N(C)C)C1. The molecule has 1 aliphatic rings. The van der Waals surface area contributed by atoms with E-state index >= 15 is 0 Å². The molecule has 1 unspecified atom stereocenters. The Kier molecular flexibility index (Phi) is 3.69. The standard InChI is InChI=1S/C9H18N3O/c1-11(2)9(13)8-6-10-4-5-12(3)7-8/h8H,4-7H2,1-3H3. The van der Waals surface area contributed by atoms with Gasteiger partial charge < -0.3 is 9.80 Å². The topological polar surface area (TPSA) is 37.7 Å². The molecule has 0 aliphatic carbocycles. The van der Waals surface area contributed by atoms with E-state index in [9.17, 15) is 4.79 Å². The third-order valence-corrected chi connectivity index (χ3v) is 2.31. The highest BCUT2D eigenvalue weighted by Gasteiger charge is 2.23. The Balaban J connectivity index is 2.52. The fourth-order valence-corrected chi connectivity index (χ4v) is 1.54. The third-order valence-electron chi connectivity index (χ3n) is 2.31. The van der Waals surface area contributed by atoms with Gasteiger partial charge in [-0.25, -0.2) is 5.32 Å². The van der Waals surface area contributed by atoms with Gasteiger partial charge in [0.15, 0.2) is 0 Å². The molecule has 1 saturated heterocycles. The molecule has 0 saturated carbocycles. The molecule has 1 atom stereocenters. The third kappa shape index (κ3) is 2.97. The Morgan fingerprint density at radius 3 is 2.85 bits per heavy atom. The van der Waals surface area contributed by atoms with Crippen molar-refractivity contribution in [1.29, 1.82) is 0 Å². The van der Waals surface area contributed by atoms with Crippen molar-refractivity contribution in [2.24, 2.45) is 5.92 Å². The van der Waals surface area contributed by atoms with E-state index in [1.54, 1.807) is 19.0 Å². The summed E-state index contributed by atoms with van der Waals surface area (Å²) < 4.78 is 0. The molecular formula is C9H18N3O. The van der Waals surface area contributed by atoms with Crippen LogP contribution in [0.25, 0.3) is 0 Å². The lowest BCUT2D eigenvalue weighted by Crippen LogP contribution is -2.38. The second-order valence-corrected chi connectivity index (χ2v) is 3.82. The average Bonchev–Trinajstić information content (AvgIpc) is 2.28. The number of likely N-dealkylation sites (N-methyl/N-ethyl adjacent to an activating group) is 1. The van der Waals surface area contributed by atoms with E-state index in [0.29, 0.717) is 6.54 Å². The maximum Gasteiger partial charge on any atom is 0.227 e. The first-order valence-corrected chi connectivity index (χ1v) is 4.64. The van der Waals surface area contributed by atoms with Crippen molar-refractivity contribution >= 4 is 5.91 Å². The smallest absolute Gasteiger partial charge is 0.227 e. The Morgan fingerprint density at radius 2 is 2.23 bits per heavy atom. The van der Waals surface area contributed by atoms with Crippen LogP contribution in [-0.2, 0) is 4.79 Å². The second-order valence-electron chi connectivity index (χ2n) is 3.82. The quantitative estimate of drug-likeness (QED) is 0.537. The highest BCUT2D eigenvalue weighted by Crippen LogP contribution is 2.05. The molecule has 0 N–H and O–H groups in total. The fourth-order valence-electron chi connectivity index (χ4n) is 1.54. The van der Waals surface area contributed by atoms with Gasteiger partial charge in [0.25, 0.3) is 0 Å². The molecule has 1 radical (unpaired) electrons. The Morgan fingerprint density at radius 1 is 1.54 bits per heavy atom. The maximum atomic E-state index is 11.6. The summed E-state index contributed by atoms with van der Waals surface area (Å²) >= 11 is 0. The van der Waals surface area contributed by atoms with Crippen molar-refractivity contribution in [2.45, 2.75) is 0 Å². The summed E-state index contributed by atoms with van der Waals surface area (Å²) in [5.74, 6) is 0.250. The van der Waals surface area contributed by atoms with Crippen LogP contribution in [0.3, 0.4) is 0 Å². The molecule has 4 nitrogen and oxygen atoms in total. The van der Waals surface area contributed by atoms with Crippen LogP contribution in [0.5, 0.6) is 0 Å².